The molecule has 1 aromatic carbocycles. The Bertz CT molecular complexity index is 749. The fourth-order valence-electron chi connectivity index (χ4n) is 2.51. The van der Waals surface area contributed by atoms with Gasteiger partial charge >= 0.3 is 0 Å². The van der Waals surface area contributed by atoms with Gasteiger partial charge in [-0.1, -0.05) is 6.92 Å². The standard InChI is InChI=1S/C16H19N5/c1-3-14(16-18-6-7-19-16)21-15-5-4-13(17)12-9-20-10(2)8-11(12)15/h4-9,14,21H,3,17H2,1-2H3,(H,18,19). The number of benzene rings is 1. The summed E-state index contributed by atoms with van der Waals surface area (Å²) in [7, 11) is 0. The molecule has 0 spiro atoms. The first-order valence-electron chi connectivity index (χ1n) is 7.09. The van der Waals surface area contributed by atoms with Gasteiger partial charge in [0.1, 0.15) is 5.82 Å². The number of aromatic amines is 1. The van der Waals surface area contributed by atoms with Crippen molar-refractivity contribution in [1.82, 2.24) is 15.0 Å². The molecule has 1 unspecified atom stereocenters. The van der Waals surface area contributed by atoms with Crippen LogP contribution >= 0.6 is 0 Å². The maximum Gasteiger partial charge on any atom is 0.128 e. The lowest BCUT2D eigenvalue weighted by Gasteiger charge is -2.18. The first-order chi connectivity index (χ1) is 10.2. The molecule has 0 saturated heterocycles. The van der Waals surface area contributed by atoms with Crippen molar-refractivity contribution in [2.24, 2.45) is 0 Å². The third kappa shape index (κ3) is 2.54. The molecule has 0 saturated carbocycles. The number of nitrogens with one attached hydrogen (secondary N) is 2. The van der Waals surface area contributed by atoms with Gasteiger partial charge in [0.15, 0.2) is 0 Å². The van der Waals surface area contributed by atoms with Crippen molar-refractivity contribution < 1.29 is 0 Å². The van der Waals surface area contributed by atoms with Crippen LogP contribution in [0.2, 0.25) is 0 Å². The minimum absolute atomic E-state index is 0.139. The van der Waals surface area contributed by atoms with Crippen LogP contribution in [0.3, 0.4) is 0 Å². The van der Waals surface area contributed by atoms with Crippen molar-refractivity contribution in [3.8, 4) is 0 Å². The van der Waals surface area contributed by atoms with E-state index in [1.807, 2.05) is 31.5 Å². The molecule has 3 rings (SSSR count). The molecule has 3 aromatic rings. The third-order valence-electron chi connectivity index (χ3n) is 3.66. The summed E-state index contributed by atoms with van der Waals surface area (Å²) < 4.78 is 0. The molecular formula is C16H19N5. The Morgan fingerprint density at radius 1 is 1.29 bits per heavy atom. The highest BCUT2D eigenvalue weighted by molar-refractivity contribution is 6.00. The Hall–Kier alpha value is -2.56. The van der Waals surface area contributed by atoms with Crippen LogP contribution in [-0.4, -0.2) is 15.0 Å². The first-order valence-corrected chi connectivity index (χ1v) is 7.09. The van der Waals surface area contributed by atoms with E-state index in [-0.39, 0.29) is 6.04 Å². The second kappa shape index (κ2) is 5.44. The molecule has 0 bridgehead atoms. The molecule has 0 amide bonds. The molecule has 4 N–H and O–H groups in total. The maximum atomic E-state index is 6.05. The van der Waals surface area contributed by atoms with Crippen molar-refractivity contribution in [3.63, 3.8) is 0 Å². The Morgan fingerprint density at radius 3 is 2.86 bits per heavy atom. The van der Waals surface area contributed by atoms with Crippen molar-refractivity contribution in [1.29, 1.82) is 0 Å². The van der Waals surface area contributed by atoms with Gasteiger partial charge in [-0.2, -0.15) is 0 Å². The van der Waals surface area contributed by atoms with Gasteiger partial charge in [-0.05, 0) is 31.5 Å². The summed E-state index contributed by atoms with van der Waals surface area (Å²) in [5.74, 6) is 0.938. The number of imidazole rings is 1. The number of hydrogen-bond donors (Lipinski definition) is 3. The van der Waals surface area contributed by atoms with Crippen LogP contribution in [0.5, 0.6) is 0 Å². The maximum absolute atomic E-state index is 6.05. The van der Waals surface area contributed by atoms with Gasteiger partial charge in [0, 0.05) is 46.4 Å². The molecule has 1 atom stereocenters. The average molecular weight is 281 g/mol. The lowest BCUT2D eigenvalue weighted by molar-refractivity contribution is 0.705. The number of aryl methyl sites for hydroxylation is 1. The molecule has 0 aliphatic rings. The molecule has 0 aliphatic heterocycles. The number of hydrogen-bond acceptors (Lipinski definition) is 4. The normalized spacial score (nSPS) is 12.5. The van der Waals surface area contributed by atoms with E-state index in [2.05, 4.69) is 33.3 Å². The van der Waals surface area contributed by atoms with Gasteiger partial charge in [0.25, 0.3) is 0 Å². The molecule has 0 fully saturated rings. The van der Waals surface area contributed by atoms with E-state index in [9.17, 15) is 0 Å². The zero-order chi connectivity index (χ0) is 14.8. The topological polar surface area (TPSA) is 79.6 Å². The zero-order valence-corrected chi connectivity index (χ0v) is 12.2. The highest BCUT2D eigenvalue weighted by Gasteiger charge is 2.13. The molecule has 21 heavy (non-hydrogen) atoms. The number of aromatic nitrogens is 3. The van der Waals surface area contributed by atoms with Crippen molar-refractivity contribution in [2.75, 3.05) is 11.1 Å². The molecule has 108 valence electrons. The van der Waals surface area contributed by atoms with Crippen LogP contribution in [0.1, 0.15) is 30.9 Å². The van der Waals surface area contributed by atoms with E-state index in [0.717, 1.165) is 40.1 Å². The van der Waals surface area contributed by atoms with Crippen molar-refractivity contribution in [3.05, 3.63) is 48.3 Å². The lowest BCUT2D eigenvalue weighted by Crippen LogP contribution is -2.11. The van der Waals surface area contributed by atoms with Crippen molar-refractivity contribution in [2.45, 2.75) is 26.3 Å². The third-order valence-corrected chi connectivity index (χ3v) is 3.66. The van der Waals surface area contributed by atoms with Gasteiger partial charge in [0.05, 0.1) is 6.04 Å². The fraction of sp³-hybridized carbons (Fsp3) is 0.250. The minimum atomic E-state index is 0.139. The lowest BCUT2D eigenvalue weighted by atomic mass is 10.1. The molecule has 2 heterocycles. The fourth-order valence-corrected chi connectivity index (χ4v) is 2.51. The Morgan fingerprint density at radius 2 is 2.14 bits per heavy atom. The van der Waals surface area contributed by atoms with Crippen LogP contribution in [0, 0.1) is 6.92 Å². The number of nitrogens with two attached hydrogens (primary N) is 1. The number of rotatable bonds is 4. The van der Waals surface area contributed by atoms with Gasteiger partial charge < -0.3 is 16.0 Å². The number of fused-ring (bicyclic) bond motifs is 1. The van der Waals surface area contributed by atoms with Gasteiger partial charge in [-0.25, -0.2) is 4.98 Å². The quantitative estimate of drug-likeness (QED) is 0.640. The van der Waals surface area contributed by atoms with Crippen LogP contribution < -0.4 is 11.1 Å². The smallest absolute Gasteiger partial charge is 0.128 e. The molecule has 5 heteroatoms. The van der Waals surface area contributed by atoms with Crippen LogP contribution in [0.15, 0.2) is 36.8 Å². The van der Waals surface area contributed by atoms with Crippen molar-refractivity contribution >= 4 is 22.1 Å². The summed E-state index contributed by atoms with van der Waals surface area (Å²) in [5, 5.41) is 5.61. The Kier molecular flexibility index (Phi) is 3.48. The second-order valence-corrected chi connectivity index (χ2v) is 5.15. The molecule has 0 radical (unpaired) electrons. The number of anilines is 2. The number of nitrogens with zero attached hydrogens (tertiary/aromatic N) is 2. The summed E-state index contributed by atoms with van der Waals surface area (Å²) >= 11 is 0. The average Bonchev–Trinajstić information content (AvgIpc) is 3.01. The molecule has 2 aromatic heterocycles. The van der Waals surface area contributed by atoms with E-state index in [1.54, 1.807) is 6.20 Å². The first kappa shape index (κ1) is 13.4. The highest BCUT2D eigenvalue weighted by atomic mass is 15.0. The summed E-state index contributed by atoms with van der Waals surface area (Å²) in [6.45, 7) is 4.11. The SMILES string of the molecule is CCC(Nc1ccc(N)c2cnc(C)cc12)c1ncc[nH]1. The predicted octanol–water partition coefficient (Wildman–Crippen LogP) is 3.41. The van der Waals surface area contributed by atoms with E-state index in [0.29, 0.717) is 0 Å². The Labute approximate surface area is 123 Å². The van der Waals surface area contributed by atoms with E-state index in [4.69, 9.17) is 5.73 Å². The van der Waals surface area contributed by atoms with Gasteiger partial charge in [-0.3, -0.25) is 4.98 Å². The summed E-state index contributed by atoms with van der Waals surface area (Å²) in [4.78, 5) is 11.8. The van der Waals surface area contributed by atoms with Crippen LogP contribution in [0.25, 0.3) is 10.8 Å². The summed E-state index contributed by atoms with van der Waals surface area (Å²) in [5.41, 5.74) is 8.81. The molecular weight excluding hydrogens is 262 g/mol. The van der Waals surface area contributed by atoms with E-state index >= 15 is 0 Å². The molecule has 0 aliphatic carbocycles. The highest BCUT2D eigenvalue weighted by Crippen LogP contribution is 2.31. The summed E-state index contributed by atoms with van der Waals surface area (Å²) in [6, 6.07) is 6.13. The zero-order valence-electron chi connectivity index (χ0n) is 12.2. The van der Waals surface area contributed by atoms with Gasteiger partial charge in [-0.15, -0.1) is 0 Å². The number of pyridine rings is 1. The second-order valence-electron chi connectivity index (χ2n) is 5.15. The van der Waals surface area contributed by atoms with E-state index < -0.39 is 0 Å². The number of H-pyrrole nitrogens is 1. The van der Waals surface area contributed by atoms with Crippen LogP contribution in [0.4, 0.5) is 11.4 Å². The van der Waals surface area contributed by atoms with Crippen LogP contribution in [-0.2, 0) is 0 Å². The largest absolute Gasteiger partial charge is 0.398 e. The minimum Gasteiger partial charge on any atom is -0.398 e. The predicted molar refractivity (Wildman–Crippen MR) is 86.1 cm³/mol. The Balaban J connectivity index is 2.04. The molecule has 5 nitrogen and oxygen atoms in total. The monoisotopic (exact) mass is 281 g/mol. The van der Waals surface area contributed by atoms with Gasteiger partial charge in [0.2, 0.25) is 0 Å². The van der Waals surface area contributed by atoms with E-state index in [1.165, 1.54) is 0 Å². The summed E-state index contributed by atoms with van der Waals surface area (Å²) in [6.07, 6.45) is 6.38. The number of nitrogen functional groups attached to an aromatic ring is 1.